The highest BCUT2D eigenvalue weighted by Gasteiger charge is 2.19. The number of benzene rings is 4. The molecule has 8 aromatic rings. The zero-order valence-corrected chi connectivity index (χ0v) is 46.6. The maximum atomic E-state index is 8.44. The Hall–Kier alpha value is -6.52. The van der Waals surface area contributed by atoms with Gasteiger partial charge in [-0.25, -0.2) is 18.3 Å². The maximum absolute atomic E-state index is 8.44. The van der Waals surface area contributed by atoms with Gasteiger partial charge >= 0.3 is 0 Å². The molecule has 4 aromatic carbocycles. The molecule has 1 unspecified atom stereocenters. The van der Waals surface area contributed by atoms with Gasteiger partial charge in [0.25, 0.3) is 0 Å². The highest BCUT2D eigenvalue weighted by atomic mass is 14.9. The third-order valence-corrected chi connectivity index (χ3v) is 13.1. The minimum atomic E-state index is -2.75. The second-order valence-electron chi connectivity index (χ2n) is 19.8. The van der Waals surface area contributed by atoms with Crippen molar-refractivity contribution in [2.24, 2.45) is 28.2 Å². The van der Waals surface area contributed by atoms with Crippen LogP contribution in [0.5, 0.6) is 0 Å². The molecule has 0 fully saturated rings. The quantitative estimate of drug-likeness (QED) is 0.128. The molecular weight excluding hydrogens is 897 g/mol. The predicted molar refractivity (Wildman–Crippen MR) is 316 cm³/mol. The minimum absolute atomic E-state index is 0.107. The Bertz CT molecular complexity index is 3570. The lowest BCUT2D eigenvalue weighted by atomic mass is 9.95. The van der Waals surface area contributed by atoms with Gasteiger partial charge in [-0.3, -0.25) is 0 Å². The zero-order valence-electron chi connectivity index (χ0n) is 67.6. The first-order chi connectivity index (χ1) is 42.9. The SMILES string of the molecule is [2H]C(C)(C)c1ccc(-c2ccc(C([2H])(C)C)c[n+]2C)c(C)c1.[2H]C([2H])([2H])c1ccc(-c2cc(C([2H])(C)C([2H])([2H])[2H])c(C([2H])([2H])[2H])c[n+]2C)c(C)c1.[2H]C([2H])([2H])c1ccc(-c2ccc(C([2H])(C)C)c[n+]2C)c(C)c1.[2H]C([2H])([2H])c1ccc(-c2ccc(C([2H])([2H])C)c[n+]2C)c(C)c1. The third kappa shape index (κ3) is 15.1. The van der Waals surface area contributed by atoms with Crippen molar-refractivity contribution in [3.63, 3.8) is 0 Å². The number of rotatable bonds is 9. The molecule has 0 aliphatic heterocycles. The zero-order chi connectivity index (χ0) is 72.7. The van der Waals surface area contributed by atoms with Crippen molar-refractivity contribution in [1.29, 1.82) is 0 Å². The number of nitrogens with zero attached hydrogens (tertiary/aromatic N) is 4. The number of hydrogen-bond donors (Lipinski definition) is 0. The lowest BCUT2D eigenvalue weighted by Gasteiger charge is -2.12. The molecule has 8 rings (SSSR count). The Morgan fingerprint density at radius 2 is 0.770 bits per heavy atom. The van der Waals surface area contributed by atoms with E-state index in [2.05, 4.69) is 29.7 Å². The molecule has 74 heavy (non-hydrogen) atoms. The lowest BCUT2D eigenvalue weighted by Crippen LogP contribution is -2.32. The molecule has 0 saturated heterocycles. The Kier molecular flexibility index (Phi) is 12.3. The molecular formula is C70H92N4+4. The van der Waals surface area contributed by atoms with Crippen LogP contribution >= 0.6 is 0 Å². The summed E-state index contributed by atoms with van der Waals surface area (Å²) >= 11 is 0. The first kappa shape index (κ1) is 34.9. The van der Waals surface area contributed by atoms with Crippen molar-refractivity contribution < 1.29 is 47.1 Å². The Balaban J connectivity index is 0.000000231. The summed E-state index contributed by atoms with van der Waals surface area (Å²) in [6, 6.07) is 34.3. The summed E-state index contributed by atoms with van der Waals surface area (Å²) in [6.45, 7) is 9.89. The van der Waals surface area contributed by atoms with E-state index >= 15 is 0 Å². The number of aryl methyl sites for hydroxylation is 13. The van der Waals surface area contributed by atoms with Gasteiger partial charge < -0.3 is 0 Å². The van der Waals surface area contributed by atoms with Crippen molar-refractivity contribution in [2.45, 2.75) is 147 Å². The largest absolute Gasteiger partial charge is 0.212 e. The van der Waals surface area contributed by atoms with Crippen LogP contribution in [-0.4, -0.2) is 0 Å². The Morgan fingerprint density at radius 3 is 1.12 bits per heavy atom. The number of aromatic nitrogens is 4. The molecule has 4 heterocycles. The fourth-order valence-electron chi connectivity index (χ4n) is 8.74. The van der Waals surface area contributed by atoms with Crippen molar-refractivity contribution in [3.05, 3.63) is 212 Å². The van der Waals surface area contributed by atoms with Crippen LogP contribution in [0.25, 0.3) is 45.0 Å². The molecule has 1 atom stereocenters. The molecule has 0 saturated carbocycles. The van der Waals surface area contributed by atoms with Gasteiger partial charge in [0.2, 0.25) is 22.8 Å². The van der Waals surface area contributed by atoms with Crippen molar-refractivity contribution in [1.82, 2.24) is 0 Å². The Morgan fingerprint density at radius 1 is 0.392 bits per heavy atom. The van der Waals surface area contributed by atoms with Gasteiger partial charge in [-0.1, -0.05) is 127 Å². The summed E-state index contributed by atoms with van der Waals surface area (Å²) < 4.78 is 170. The summed E-state index contributed by atoms with van der Waals surface area (Å²) in [6.07, 6.45) is 5.69. The standard InChI is InChI=1S/C19H26N.C18H24N.C17H22N.C16H20N/c1-13(2)16-7-9-18(15(5)11-16)19-10-8-17(14(3)4)12-20(19)6;1-12(2)17-10-18(19(6)11-15(17)5)16-8-7-13(3)9-14(16)4;1-12(2)15-7-9-17(18(5)11-15)16-8-6-13(3)10-14(16)4;1-5-14-7-9-16(17(4)11-14)15-8-6-12(2)10-13(15)3/h7-14H,1-6H3;7-12H,1-6H3;6-12H,1-5H3;6-11H,5H2,1-4H3/q4*+1/i13D,14D;1D3,3D3,5D3,12D;3D3,12D;2D3,5D2. The second kappa shape index (κ2) is 26.1. The summed E-state index contributed by atoms with van der Waals surface area (Å²) in [4.78, 5) is 0. The molecule has 0 spiro atoms. The molecule has 4 aromatic heterocycles. The minimum Gasteiger partial charge on any atom is -0.201 e. The molecule has 388 valence electrons. The monoisotopic (exact) mass is 1010 g/mol. The topological polar surface area (TPSA) is 15.5 Å². The van der Waals surface area contributed by atoms with Gasteiger partial charge in [-0.05, 0) is 161 Å². The third-order valence-electron chi connectivity index (χ3n) is 13.1. The van der Waals surface area contributed by atoms with Gasteiger partial charge in [0.15, 0.2) is 24.8 Å². The van der Waals surface area contributed by atoms with E-state index in [0.29, 0.717) is 33.5 Å². The summed E-state index contributed by atoms with van der Waals surface area (Å²) in [5, 5.41) is 0. The fourth-order valence-corrected chi connectivity index (χ4v) is 8.74. The van der Waals surface area contributed by atoms with E-state index in [1.165, 1.54) is 49.4 Å². The van der Waals surface area contributed by atoms with Crippen molar-refractivity contribution >= 4 is 0 Å². The average Bonchev–Trinajstić information content (AvgIpc) is 0.752. The molecule has 0 aliphatic rings. The van der Waals surface area contributed by atoms with Crippen LogP contribution in [0.2, 0.25) is 0 Å². The van der Waals surface area contributed by atoms with Gasteiger partial charge in [0.05, 0.1) is 0 Å². The molecule has 0 amide bonds. The maximum Gasteiger partial charge on any atom is 0.212 e. The Labute approximate surface area is 479 Å². The predicted octanol–water partition coefficient (Wildman–Crippen LogP) is 16.2. The highest BCUT2D eigenvalue weighted by molar-refractivity contribution is 5.65. The lowest BCUT2D eigenvalue weighted by molar-refractivity contribution is -0.661. The molecule has 0 radical (unpaired) electrons. The van der Waals surface area contributed by atoms with Crippen LogP contribution in [0.4, 0.5) is 0 Å². The van der Waals surface area contributed by atoms with Crippen LogP contribution in [0.3, 0.4) is 0 Å². The first-order valence-electron chi connectivity index (χ1n) is 35.4. The van der Waals surface area contributed by atoms with E-state index in [1.54, 1.807) is 61.1 Å². The van der Waals surface area contributed by atoms with Crippen LogP contribution in [0, 0.1) is 55.1 Å². The molecule has 0 N–H and O–H groups in total. The molecule has 0 aliphatic carbocycles. The molecule has 4 heteroatoms. The summed E-state index contributed by atoms with van der Waals surface area (Å²) in [7, 11) is 7.46. The van der Waals surface area contributed by atoms with Crippen LogP contribution in [0.1, 0.15) is 187 Å². The first-order valence-corrected chi connectivity index (χ1v) is 24.9. The highest BCUT2D eigenvalue weighted by Crippen LogP contribution is 2.29. The summed E-state index contributed by atoms with van der Waals surface area (Å²) in [5.41, 5.74) is 15.0. The van der Waals surface area contributed by atoms with E-state index in [1.807, 2.05) is 141 Å². The van der Waals surface area contributed by atoms with E-state index in [9.17, 15) is 0 Å². The van der Waals surface area contributed by atoms with E-state index in [4.69, 9.17) is 28.8 Å². The van der Waals surface area contributed by atoms with Gasteiger partial charge in [0.1, 0.15) is 28.2 Å². The number of hydrogen-bond acceptors (Lipinski definition) is 0. The van der Waals surface area contributed by atoms with E-state index in [-0.39, 0.29) is 16.7 Å². The smallest absolute Gasteiger partial charge is 0.201 e. The van der Waals surface area contributed by atoms with Crippen molar-refractivity contribution in [3.8, 4) is 45.0 Å². The van der Waals surface area contributed by atoms with E-state index < -0.39 is 64.2 Å². The van der Waals surface area contributed by atoms with Crippen LogP contribution < -0.4 is 18.3 Å². The van der Waals surface area contributed by atoms with Crippen LogP contribution in [0.15, 0.2) is 140 Å². The molecule has 0 bridgehead atoms. The van der Waals surface area contributed by atoms with Crippen molar-refractivity contribution in [2.75, 3.05) is 0 Å². The number of pyridine rings is 4. The van der Waals surface area contributed by atoms with Crippen LogP contribution in [-0.2, 0) is 34.6 Å². The second-order valence-corrected chi connectivity index (χ2v) is 19.8. The molecule has 4 nitrogen and oxygen atoms in total. The van der Waals surface area contributed by atoms with Gasteiger partial charge in [-0.15, -0.1) is 0 Å². The van der Waals surface area contributed by atoms with Gasteiger partial charge in [0, 0.05) is 97.6 Å². The normalized spacial score (nSPS) is 17.5. The van der Waals surface area contributed by atoms with E-state index in [0.717, 1.165) is 56.0 Å². The fraction of sp³-hybridized carbons (Fsp3) is 0.371. The summed E-state index contributed by atoms with van der Waals surface area (Å²) in [5.74, 6) is -3.96. The average molecular weight is 1010 g/mol. The van der Waals surface area contributed by atoms with Gasteiger partial charge in [-0.2, -0.15) is 0 Å².